The summed E-state index contributed by atoms with van der Waals surface area (Å²) in [5, 5.41) is 15.5. The zero-order chi connectivity index (χ0) is 36.2. The average Bonchev–Trinajstić information content (AvgIpc) is 3.19. The fourth-order valence-electron chi connectivity index (χ4n) is 7.17. The van der Waals surface area contributed by atoms with Crippen LogP contribution < -0.4 is 15.4 Å². The Labute approximate surface area is 312 Å². The van der Waals surface area contributed by atoms with Crippen LogP contribution in [0.15, 0.2) is 127 Å². The third-order valence-electron chi connectivity index (χ3n) is 10.1. The highest BCUT2D eigenvalue weighted by atomic mass is 16.7. The van der Waals surface area contributed by atoms with Gasteiger partial charge in [-0.3, -0.25) is 0 Å². The molecule has 7 rings (SSSR count). The van der Waals surface area contributed by atoms with Gasteiger partial charge in [0.15, 0.2) is 6.29 Å². The lowest BCUT2D eigenvalue weighted by Crippen LogP contribution is -2.40. The molecule has 2 amide bonds. The van der Waals surface area contributed by atoms with Gasteiger partial charge in [0.25, 0.3) is 0 Å². The zero-order valence-corrected chi connectivity index (χ0v) is 30.2. The Hall–Kier alpha value is -4.99. The molecule has 53 heavy (non-hydrogen) atoms. The number of carbonyl (C=O) groups excluding carboxylic acids is 1. The van der Waals surface area contributed by atoms with Gasteiger partial charge in [0.2, 0.25) is 0 Å². The Balaban J connectivity index is 0.998. The molecule has 2 heterocycles. The number of anilines is 1. The van der Waals surface area contributed by atoms with Crippen molar-refractivity contribution in [2.24, 2.45) is 0 Å². The highest BCUT2D eigenvalue weighted by Crippen LogP contribution is 2.39. The molecular formula is C45H49N3O5. The molecule has 0 saturated carbocycles. The van der Waals surface area contributed by atoms with Gasteiger partial charge in [-0.1, -0.05) is 110 Å². The lowest BCUT2D eigenvalue weighted by molar-refractivity contribution is -0.253. The number of urea groups is 1. The molecule has 0 radical (unpaired) electrons. The molecule has 0 spiro atoms. The van der Waals surface area contributed by atoms with Crippen LogP contribution in [0.4, 0.5) is 10.5 Å². The van der Waals surface area contributed by atoms with Crippen LogP contribution >= 0.6 is 0 Å². The molecule has 3 atom stereocenters. The molecular weight excluding hydrogens is 663 g/mol. The minimum Gasteiger partial charge on any atom is -0.457 e. The second-order valence-electron chi connectivity index (χ2n) is 13.9. The van der Waals surface area contributed by atoms with Gasteiger partial charge in [0.05, 0.1) is 18.8 Å². The van der Waals surface area contributed by atoms with Crippen molar-refractivity contribution >= 4 is 11.7 Å². The summed E-state index contributed by atoms with van der Waals surface area (Å²) in [5.41, 5.74) is 6.73. The van der Waals surface area contributed by atoms with E-state index >= 15 is 0 Å². The van der Waals surface area contributed by atoms with Gasteiger partial charge in [-0.15, -0.1) is 0 Å². The van der Waals surface area contributed by atoms with Crippen LogP contribution in [0.3, 0.4) is 0 Å². The van der Waals surface area contributed by atoms with E-state index in [1.807, 2.05) is 84.9 Å². The van der Waals surface area contributed by atoms with Crippen LogP contribution in [0.1, 0.15) is 73.2 Å². The first kappa shape index (κ1) is 36.4. The SMILES string of the molecule is O=C(NCc1ccccc1-c1ccc(C2OC(CN3CCCCCCC3)CC(c3ccc(CO)cc3)O2)cc1)Nc1ccc(Oc2ccccc2)cc1. The Morgan fingerprint density at radius 3 is 2.11 bits per heavy atom. The van der Waals surface area contributed by atoms with E-state index in [0.29, 0.717) is 18.0 Å². The van der Waals surface area contributed by atoms with Crippen LogP contribution in [-0.4, -0.2) is 41.8 Å². The lowest BCUT2D eigenvalue weighted by Gasteiger charge is -2.39. The van der Waals surface area contributed by atoms with Crippen LogP contribution in [-0.2, 0) is 22.6 Å². The molecule has 2 aliphatic heterocycles. The highest BCUT2D eigenvalue weighted by Gasteiger charge is 2.33. The molecule has 8 nitrogen and oxygen atoms in total. The Bertz CT molecular complexity index is 1880. The maximum Gasteiger partial charge on any atom is 0.319 e. The predicted octanol–water partition coefficient (Wildman–Crippen LogP) is 9.77. The number of hydrogen-bond donors (Lipinski definition) is 3. The zero-order valence-electron chi connectivity index (χ0n) is 30.2. The number of nitrogens with one attached hydrogen (secondary N) is 2. The van der Waals surface area contributed by atoms with E-state index < -0.39 is 6.29 Å². The number of aliphatic hydroxyl groups is 1. The van der Waals surface area contributed by atoms with Crippen molar-refractivity contribution in [2.45, 2.75) is 70.2 Å². The molecule has 0 bridgehead atoms. The highest BCUT2D eigenvalue weighted by molar-refractivity contribution is 5.89. The van der Waals surface area contributed by atoms with Gasteiger partial charge in [0.1, 0.15) is 11.5 Å². The molecule has 3 N–H and O–H groups in total. The molecule has 0 aromatic heterocycles. The van der Waals surface area contributed by atoms with Crippen molar-refractivity contribution in [3.8, 4) is 22.6 Å². The maximum absolute atomic E-state index is 12.9. The van der Waals surface area contributed by atoms with Crippen molar-refractivity contribution in [1.29, 1.82) is 0 Å². The van der Waals surface area contributed by atoms with Crippen molar-refractivity contribution in [2.75, 3.05) is 25.0 Å². The van der Waals surface area contributed by atoms with Gasteiger partial charge in [0, 0.05) is 30.8 Å². The topological polar surface area (TPSA) is 92.3 Å². The van der Waals surface area contributed by atoms with Crippen molar-refractivity contribution in [3.05, 3.63) is 150 Å². The number of aliphatic hydroxyl groups excluding tert-OH is 1. The third kappa shape index (κ3) is 10.1. The number of carbonyl (C=O) groups is 1. The number of amides is 2. The average molecular weight is 712 g/mol. The molecule has 2 aliphatic rings. The van der Waals surface area contributed by atoms with Gasteiger partial charge in [-0.2, -0.15) is 0 Å². The molecule has 3 unspecified atom stereocenters. The summed E-state index contributed by atoms with van der Waals surface area (Å²) in [6.45, 7) is 3.51. The minimum absolute atomic E-state index is 0.0222. The Morgan fingerprint density at radius 2 is 1.38 bits per heavy atom. The van der Waals surface area contributed by atoms with Gasteiger partial charge in [-0.25, -0.2) is 4.79 Å². The smallest absolute Gasteiger partial charge is 0.319 e. The number of hydrogen-bond acceptors (Lipinski definition) is 6. The lowest BCUT2D eigenvalue weighted by atomic mass is 9.97. The second kappa shape index (κ2) is 18.2. The predicted molar refractivity (Wildman–Crippen MR) is 209 cm³/mol. The van der Waals surface area contributed by atoms with Crippen molar-refractivity contribution in [1.82, 2.24) is 10.2 Å². The summed E-state index contributed by atoms with van der Waals surface area (Å²) in [7, 11) is 0. The number of nitrogens with zero attached hydrogens (tertiary/aromatic N) is 1. The Kier molecular flexibility index (Phi) is 12.5. The second-order valence-corrected chi connectivity index (χ2v) is 13.9. The monoisotopic (exact) mass is 711 g/mol. The van der Waals surface area contributed by atoms with E-state index in [1.165, 1.54) is 32.1 Å². The molecule has 0 aliphatic carbocycles. The molecule has 274 valence electrons. The van der Waals surface area contributed by atoms with E-state index in [0.717, 1.165) is 65.2 Å². The van der Waals surface area contributed by atoms with Crippen LogP contribution in [0.2, 0.25) is 0 Å². The van der Waals surface area contributed by atoms with Crippen LogP contribution in [0.25, 0.3) is 11.1 Å². The third-order valence-corrected chi connectivity index (χ3v) is 10.1. The van der Waals surface area contributed by atoms with E-state index in [-0.39, 0.29) is 24.8 Å². The molecule has 2 fully saturated rings. The van der Waals surface area contributed by atoms with Gasteiger partial charge < -0.3 is 34.9 Å². The normalized spacial score (nSPS) is 19.5. The van der Waals surface area contributed by atoms with E-state index in [1.54, 1.807) is 0 Å². The van der Waals surface area contributed by atoms with E-state index in [2.05, 4.69) is 58.0 Å². The first-order valence-corrected chi connectivity index (χ1v) is 18.9. The molecule has 5 aromatic carbocycles. The Morgan fingerprint density at radius 1 is 0.717 bits per heavy atom. The summed E-state index contributed by atoms with van der Waals surface area (Å²) in [6, 6.07) is 41.2. The number of para-hydroxylation sites is 1. The van der Waals surface area contributed by atoms with Gasteiger partial charge in [-0.05, 0) is 90.1 Å². The van der Waals surface area contributed by atoms with E-state index in [4.69, 9.17) is 14.2 Å². The number of ether oxygens (including phenoxy) is 3. The first-order valence-electron chi connectivity index (χ1n) is 18.9. The van der Waals surface area contributed by atoms with E-state index in [9.17, 15) is 9.90 Å². The fourth-order valence-corrected chi connectivity index (χ4v) is 7.17. The summed E-state index contributed by atoms with van der Waals surface area (Å²) in [6.07, 6.45) is 6.62. The largest absolute Gasteiger partial charge is 0.457 e. The van der Waals surface area contributed by atoms with Gasteiger partial charge >= 0.3 is 6.03 Å². The van der Waals surface area contributed by atoms with Crippen LogP contribution in [0, 0.1) is 0 Å². The molecule has 5 aromatic rings. The van der Waals surface area contributed by atoms with Crippen molar-refractivity contribution < 1.29 is 24.1 Å². The standard InChI is InChI=1S/C45H49N3O5/c49-32-33-15-17-35(18-16-33)43-29-41(31-48-27-9-2-1-3-10-28-48)52-44(53-43)36-21-19-34(20-22-36)42-14-8-7-11-37(42)30-46-45(50)47-38-23-25-40(26-24-38)51-39-12-5-4-6-13-39/h4-8,11-26,41,43-44,49H,1-3,9-10,27-32H2,(H2,46,47,50). The molecule has 8 heteroatoms. The summed E-state index contributed by atoms with van der Waals surface area (Å²) in [4.78, 5) is 15.5. The quantitative estimate of drug-likeness (QED) is 0.126. The number of likely N-dealkylation sites (tertiary alicyclic amines) is 1. The summed E-state index contributed by atoms with van der Waals surface area (Å²) < 4.78 is 19.2. The molecule has 2 saturated heterocycles. The number of benzene rings is 5. The number of rotatable bonds is 11. The van der Waals surface area contributed by atoms with Crippen molar-refractivity contribution in [3.63, 3.8) is 0 Å². The maximum atomic E-state index is 12.9. The summed E-state index contributed by atoms with van der Waals surface area (Å²) >= 11 is 0. The van der Waals surface area contributed by atoms with Crippen LogP contribution in [0.5, 0.6) is 11.5 Å². The minimum atomic E-state index is -0.500. The summed E-state index contributed by atoms with van der Waals surface area (Å²) in [5.74, 6) is 1.45. The fraction of sp³-hybridized carbons (Fsp3) is 0.311. The first-order chi connectivity index (χ1) is 26.1.